The number of carbonyl (C=O) groups is 1. The fraction of sp³-hybridized carbons (Fsp3) is 0.909. The SMILES string of the molecule is CC(C1CC1)N(CCN(C)C)CC(=O)O. The largest absolute Gasteiger partial charge is 0.480 e. The molecule has 4 heteroatoms. The molecule has 0 aromatic rings. The molecule has 4 nitrogen and oxygen atoms in total. The van der Waals surface area contributed by atoms with Gasteiger partial charge < -0.3 is 10.0 Å². The molecule has 0 amide bonds. The van der Waals surface area contributed by atoms with Gasteiger partial charge in [-0.05, 0) is 39.8 Å². The monoisotopic (exact) mass is 214 g/mol. The van der Waals surface area contributed by atoms with E-state index >= 15 is 0 Å². The average Bonchev–Trinajstić information content (AvgIpc) is 2.93. The Kier molecular flexibility index (Phi) is 4.54. The van der Waals surface area contributed by atoms with E-state index in [0.29, 0.717) is 6.04 Å². The lowest BCUT2D eigenvalue weighted by Crippen LogP contribution is -2.42. The predicted molar refractivity (Wildman–Crippen MR) is 59.9 cm³/mol. The Labute approximate surface area is 91.9 Å². The molecule has 1 fully saturated rings. The van der Waals surface area contributed by atoms with Crippen LogP contribution in [0.1, 0.15) is 19.8 Å². The molecular weight excluding hydrogens is 192 g/mol. The van der Waals surface area contributed by atoms with E-state index in [9.17, 15) is 4.79 Å². The van der Waals surface area contributed by atoms with Gasteiger partial charge in [0.25, 0.3) is 0 Å². The highest BCUT2D eigenvalue weighted by molar-refractivity contribution is 5.69. The Balaban J connectivity index is 2.40. The Bertz CT molecular complexity index is 215. The van der Waals surface area contributed by atoms with Crippen molar-refractivity contribution in [1.29, 1.82) is 0 Å². The van der Waals surface area contributed by atoms with Gasteiger partial charge in [0.05, 0.1) is 6.54 Å². The van der Waals surface area contributed by atoms with Crippen LogP contribution in [0.2, 0.25) is 0 Å². The van der Waals surface area contributed by atoms with Crippen LogP contribution in [0, 0.1) is 5.92 Å². The molecule has 1 atom stereocenters. The van der Waals surface area contributed by atoms with Crippen molar-refractivity contribution in [2.75, 3.05) is 33.7 Å². The third kappa shape index (κ3) is 4.62. The molecule has 0 saturated heterocycles. The minimum atomic E-state index is -0.721. The van der Waals surface area contributed by atoms with Gasteiger partial charge in [0.1, 0.15) is 0 Å². The normalized spacial score (nSPS) is 18.5. The van der Waals surface area contributed by atoms with Gasteiger partial charge in [0.2, 0.25) is 0 Å². The highest BCUT2D eigenvalue weighted by Gasteiger charge is 2.32. The van der Waals surface area contributed by atoms with Crippen LogP contribution in [-0.2, 0) is 4.79 Å². The summed E-state index contributed by atoms with van der Waals surface area (Å²) >= 11 is 0. The van der Waals surface area contributed by atoms with Gasteiger partial charge >= 0.3 is 5.97 Å². The van der Waals surface area contributed by atoms with Crippen molar-refractivity contribution in [2.45, 2.75) is 25.8 Å². The number of nitrogens with zero attached hydrogens (tertiary/aromatic N) is 2. The van der Waals surface area contributed by atoms with Crippen LogP contribution in [0.4, 0.5) is 0 Å². The molecule has 1 aliphatic carbocycles. The van der Waals surface area contributed by atoms with E-state index in [0.717, 1.165) is 19.0 Å². The van der Waals surface area contributed by atoms with Crippen molar-refractivity contribution < 1.29 is 9.90 Å². The highest BCUT2D eigenvalue weighted by Crippen LogP contribution is 2.34. The van der Waals surface area contributed by atoms with E-state index in [2.05, 4.69) is 16.7 Å². The van der Waals surface area contributed by atoms with Crippen molar-refractivity contribution in [3.8, 4) is 0 Å². The summed E-state index contributed by atoms with van der Waals surface area (Å²) in [6, 6.07) is 0.418. The molecule has 0 aromatic carbocycles. The zero-order valence-electron chi connectivity index (χ0n) is 9.94. The number of hydrogen-bond acceptors (Lipinski definition) is 3. The smallest absolute Gasteiger partial charge is 0.317 e. The number of likely N-dealkylation sites (N-methyl/N-ethyl adjacent to an activating group) is 1. The maximum Gasteiger partial charge on any atom is 0.317 e. The second kappa shape index (κ2) is 5.47. The summed E-state index contributed by atoms with van der Waals surface area (Å²) in [6.45, 7) is 4.09. The number of rotatable bonds is 7. The van der Waals surface area contributed by atoms with Gasteiger partial charge in [-0.25, -0.2) is 0 Å². The van der Waals surface area contributed by atoms with Crippen molar-refractivity contribution >= 4 is 5.97 Å². The summed E-state index contributed by atoms with van der Waals surface area (Å²) in [6.07, 6.45) is 2.53. The standard InChI is InChI=1S/C11H22N2O2/c1-9(10-4-5-10)13(8-11(14)15)7-6-12(2)3/h9-10H,4-8H2,1-3H3,(H,14,15). The highest BCUT2D eigenvalue weighted by atomic mass is 16.4. The summed E-state index contributed by atoms with van der Waals surface area (Å²) in [5.41, 5.74) is 0. The third-order valence-corrected chi connectivity index (χ3v) is 3.05. The van der Waals surface area contributed by atoms with Crippen molar-refractivity contribution in [2.24, 2.45) is 5.92 Å². The number of carboxylic acid groups (broad SMARTS) is 1. The van der Waals surface area contributed by atoms with Crippen LogP contribution in [0.25, 0.3) is 0 Å². The van der Waals surface area contributed by atoms with Crippen molar-refractivity contribution in [3.63, 3.8) is 0 Å². The maximum atomic E-state index is 10.7. The first-order chi connectivity index (χ1) is 7.00. The minimum Gasteiger partial charge on any atom is -0.480 e. The Morgan fingerprint density at radius 2 is 2.00 bits per heavy atom. The lowest BCUT2D eigenvalue weighted by Gasteiger charge is -2.28. The van der Waals surface area contributed by atoms with E-state index in [1.807, 2.05) is 14.1 Å². The zero-order valence-corrected chi connectivity index (χ0v) is 9.94. The first-order valence-electron chi connectivity index (χ1n) is 5.61. The first-order valence-corrected chi connectivity index (χ1v) is 5.61. The Morgan fingerprint density at radius 3 is 2.40 bits per heavy atom. The molecule has 0 radical (unpaired) electrons. The van der Waals surface area contributed by atoms with Crippen LogP contribution < -0.4 is 0 Å². The predicted octanol–water partition coefficient (Wildman–Crippen LogP) is 0.733. The quantitative estimate of drug-likeness (QED) is 0.678. The van der Waals surface area contributed by atoms with Crippen LogP contribution in [0.15, 0.2) is 0 Å². The van der Waals surface area contributed by atoms with Crippen LogP contribution in [-0.4, -0.2) is 60.6 Å². The lowest BCUT2D eigenvalue weighted by molar-refractivity contribution is -0.139. The average molecular weight is 214 g/mol. The van der Waals surface area contributed by atoms with E-state index in [1.165, 1.54) is 12.8 Å². The molecule has 1 rings (SSSR count). The first kappa shape index (κ1) is 12.5. The summed E-state index contributed by atoms with van der Waals surface area (Å²) in [4.78, 5) is 14.9. The van der Waals surface area contributed by atoms with Gasteiger partial charge in [-0.2, -0.15) is 0 Å². The molecule has 1 unspecified atom stereocenters. The summed E-state index contributed by atoms with van der Waals surface area (Å²) < 4.78 is 0. The summed E-state index contributed by atoms with van der Waals surface area (Å²) in [7, 11) is 4.03. The third-order valence-electron chi connectivity index (χ3n) is 3.05. The van der Waals surface area contributed by atoms with Crippen LogP contribution in [0.5, 0.6) is 0 Å². The molecule has 0 spiro atoms. The molecule has 15 heavy (non-hydrogen) atoms. The maximum absolute atomic E-state index is 10.7. The molecule has 0 heterocycles. The molecule has 0 bridgehead atoms. The fourth-order valence-electron chi connectivity index (χ4n) is 1.81. The molecule has 0 aromatic heterocycles. The van der Waals surface area contributed by atoms with Gasteiger partial charge in [0.15, 0.2) is 0 Å². The molecule has 88 valence electrons. The van der Waals surface area contributed by atoms with Crippen molar-refractivity contribution in [3.05, 3.63) is 0 Å². The molecule has 1 aliphatic rings. The fourth-order valence-corrected chi connectivity index (χ4v) is 1.81. The summed E-state index contributed by atoms with van der Waals surface area (Å²) in [5.74, 6) is 0.00719. The Morgan fingerprint density at radius 1 is 1.40 bits per heavy atom. The molecule has 0 aliphatic heterocycles. The number of hydrogen-bond donors (Lipinski definition) is 1. The second-order valence-electron chi connectivity index (χ2n) is 4.75. The lowest BCUT2D eigenvalue weighted by atomic mass is 10.2. The van der Waals surface area contributed by atoms with E-state index in [1.54, 1.807) is 0 Å². The molecule has 1 N–H and O–H groups in total. The van der Waals surface area contributed by atoms with Gasteiger partial charge in [0, 0.05) is 19.1 Å². The van der Waals surface area contributed by atoms with E-state index < -0.39 is 5.97 Å². The van der Waals surface area contributed by atoms with Gasteiger partial charge in [-0.3, -0.25) is 9.69 Å². The topological polar surface area (TPSA) is 43.8 Å². The zero-order chi connectivity index (χ0) is 11.4. The van der Waals surface area contributed by atoms with Crippen LogP contribution >= 0.6 is 0 Å². The van der Waals surface area contributed by atoms with Gasteiger partial charge in [-0.15, -0.1) is 0 Å². The molecular formula is C11H22N2O2. The second-order valence-corrected chi connectivity index (χ2v) is 4.75. The number of carboxylic acids is 1. The van der Waals surface area contributed by atoms with E-state index in [4.69, 9.17) is 5.11 Å². The van der Waals surface area contributed by atoms with Crippen LogP contribution in [0.3, 0.4) is 0 Å². The number of aliphatic carboxylic acids is 1. The Hall–Kier alpha value is -0.610. The van der Waals surface area contributed by atoms with Crippen molar-refractivity contribution in [1.82, 2.24) is 9.80 Å². The minimum absolute atomic E-state index is 0.172. The molecule has 1 saturated carbocycles. The summed E-state index contributed by atoms with van der Waals surface area (Å²) in [5, 5.41) is 8.84. The van der Waals surface area contributed by atoms with Gasteiger partial charge in [-0.1, -0.05) is 0 Å². The van der Waals surface area contributed by atoms with E-state index in [-0.39, 0.29) is 6.54 Å².